The minimum absolute atomic E-state index is 0.00674. The standard InChI is InChI=1S/C10H20N4O3S/c1-8(9-6-12-7-9)10(15)13-2-4-14(5-3-13)18(11,16)17/h8-9,12H,2-7H2,1H3,(H2,11,16,17). The third-order valence-electron chi connectivity index (χ3n) is 3.82. The van der Waals surface area contributed by atoms with E-state index in [2.05, 4.69) is 5.32 Å². The summed E-state index contributed by atoms with van der Waals surface area (Å²) in [5.74, 6) is 0.539. The van der Waals surface area contributed by atoms with Crippen molar-refractivity contribution in [3.05, 3.63) is 0 Å². The molecule has 1 unspecified atom stereocenters. The van der Waals surface area contributed by atoms with Gasteiger partial charge in [-0.15, -0.1) is 0 Å². The first-order valence-corrected chi connectivity index (χ1v) is 7.67. The molecule has 2 heterocycles. The van der Waals surface area contributed by atoms with Crippen molar-refractivity contribution in [3.8, 4) is 0 Å². The van der Waals surface area contributed by atoms with Gasteiger partial charge in [0.05, 0.1) is 0 Å². The van der Waals surface area contributed by atoms with E-state index in [4.69, 9.17) is 5.14 Å². The molecular weight excluding hydrogens is 256 g/mol. The van der Waals surface area contributed by atoms with Crippen molar-refractivity contribution in [1.29, 1.82) is 0 Å². The summed E-state index contributed by atoms with van der Waals surface area (Å²) in [5, 5.41) is 8.21. The average molecular weight is 276 g/mol. The molecule has 0 aliphatic carbocycles. The van der Waals surface area contributed by atoms with Crippen LogP contribution in [0.2, 0.25) is 0 Å². The topological polar surface area (TPSA) is 95.7 Å². The molecule has 18 heavy (non-hydrogen) atoms. The van der Waals surface area contributed by atoms with Crippen LogP contribution in [0.15, 0.2) is 0 Å². The number of piperazine rings is 1. The van der Waals surface area contributed by atoms with Crippen LogP contribution in [0.4, 0.5) is 0 Å². The molecule has 2 saturated heterocycles. The fraction of sp³-hybridized carbons (Fsp3) is 0.900. The Bertz CT molecular complexity index is 413. The maximum atomic E-state index is 12.2. The molecule has 3 N–H and O–H groups in total. The number of carbonyl (C=O) groups excluding carboxylic acids is 1. The normalized spacial score (nSPS) is 24.7. The number of carbonyl (C=O) groups is 1. The highest BCUT2D eigenvalue weighted by molar-refractivity contribution is 7.86. The van der Waals surface area contributed by atoms with Gasteiger partial charge in [-0.3, -0.25) is 4.79 Å². The van der Waals surface area contributed by atoms with E-state index in [1.807, 2.05) is 6.92 Å². The molecule has 0 saturated carbocycles. The van der Waals surface area contributed by atoms with Crippen LogP contribution in [0.25, 0.3) is 0 Å². The first-order valence-electron chi connectivity index (χ1n) is 6.17. The smallest absolute Gasteiger partial charge is 0.277 e. The van der Waals surface area contributed by atoms with Crippen LogP contribution >= 0.6 is 0 Å². The Labute approximate surface area is 107 Å². The van der Waals surface area contributed by atoms with Crippen LogP contribution in [0, 0.1) is 11.8 Å². The molecule has 0 spiro atoms. The van der Waals surface area contributed by atoms with Gasteiger partial charge >= 0.3 is 0 Å². The van der Waals surface area contributed by atoms with Gasteiger partial charge < -0.3 is 10.2 Å². The lowest BCUT2D eigenvalue weighted by Gasteiger charge is -2.38. The number of amides is 1. The van der Waals surface area contributed by atoms with E-state index in [1.54, 1.807) is 4.90 Å². The Hall–Kier alpha value is -0.700. The fourth-order valence-electron chi connectivity index (χ4n) is 2.32. The molecule has 0 radical (unpaired) electrons. The number of rotatable bonds is 3. The van der Waals surface area contributed by atoms with Crippen molar-refractivity contribution in [3.63, 3.8) is 0 Å². The molecular formula is C10H20N4O3S. The van der Waals surface area contributed by atoms with Gasteiger partial charge in [0.25, 0.3) is 10.2 Å². The highest BCUT2D eigenvalue weighted by Gasteiger charge is 2.34. The molecule has 0 aromatic heterocycles. The van der Waals surface area contributed by atoms with E-state index in [-0.39, 0.29) is 11.8 Å². The van der Waals surface area contributed by atoms with Crippen molar-refractivity contribution in [1.82, 2.24) is 14.5 Å². The minimum Gasteiger partial charge on any atom is -0.340 e. The van der Waals surface area contributed by atoms with Crippen LogP contribution in [0.3, 0.4) is 0 Å². The predicted octanol–water partition coefficient (Wildman–Crippen LogP) is -1.81. The highest BCUT2D eigenvalue weighted by atomic mass is 32.2. The van der Waals surface area contributed by atoms with E-state index in [9.17, 15) is 13.2 Å². The SMILES string of the molecule is CC(C(=O)N1CCN(S(N)(=O)=O)CC1)C1CNC1. The molecule has 2 aliphatic heterocycles. The number of hydrogen-bond donors (Lipinski definition) is 2. The zero-order chi connectivity index (χ0) is 13.3. The maximum absolute atomic E-state index is 12.2. The van der Waals surface area contributed by atoms with Crippen molar-refractivity contribution in [2.75, 3.05) is 39.3 Å². The lowest BCUT2D eigenvalue weighted by atomic mass is 9.88. The summed E-state index contributed by atoms with van der Waals surface area (Å²) >= 11 is 0. The van der Waals surface area contributed by atoms with E-state index < -0.39 is 10.2 Å². The molecule has 8 heteroatoms. The Kier molecular flexibility index (Phi) is 3.90. The minimum atomic E-state index is -3.62. The van der Waals surface area contributed by atoms with Gasteiger partial charge in [0.15, 0.2) is 0 Å². The van der Waals surface area contributed by atoms with E-state index in [1.165, 1.54) is 4.31 Å². The Morgan fingerprint density at radius 1 is 1.28 bits per heavy atom. The first-order chi connectivity index (χ1) is 8.39. The zero-order valence-electron chi connectivity index (χ0n) is 10.5. The molecule has 0 aromatic rings. The van der Waals surface area contributed by atoms with Crippen molar-refractivity contribution in [2.24, 2.45) is 17.0 Å². The van der Waals surface area contributed by atoms with Gasteiger partial charge in [-0.1, -0.05) is 6.92 Å². The molecule has 2 aliphatic rings. The predicted molar refractivity (Wildman–Crippen MR) is 66.8 cm³/mol. The summed E-state index contributed by atoms with van der Waals surface area (Å²) in [4.78, 5) is 13.9. The Balaban J connectivity index is 1.87. The van der Waals surface area contributed by atoms with Crippen molar-refractivity contribution < 1.29 is 13.2 Å². The van der Waals surface area contributed by atoms with Crippen molar-refractivity contribution in [2.45, 2.75) is 6.92 Å². The Morgan fingerprint density at radius 2 is 1.83 bits per heavy atom. The zero-order valence-corrected chi connectivity index (χ0v) is 11.3. The molecule has 0 aromatic carbocycles. The van der Waals surface area contributed by atoms with Gasteiger partial charge in [-0.05, 0) is 19.0 Å². The second-order valence-electron chi connectivity index (χ2n) is 4.98. The van der Waals surface area contributed by atoms with Gasteiger partial charge in [0.1, 0.15) is 0 Å². The maximum Gasteiger partial charge on any atom is 0.277 e. The Morgan fingerprint density at radius 3 is 2.22 bits per heavy atom. The van der Waals surface area contributed by atoms with Gasteiger partial charge in [-0.25, -0.2) is 5.14 Å². The monoisotopic (exact) mass is 276 g/mol. The van der Waals surface area contributed by atoms with Crippen LogP contribution in [0.1, 0.15) is 6.92 Å². The lowest BCUT2D eigenvalue weighted by molar-refractivity contribution is -0.138. The molecule has 7 nitrogen and oxygen atoms in total. The summed E-state index contributed by atoms with van der Waals surface area (Å²) in [5.41, 5.74) is 0. The summed E-state index contributed by atoms with van der Waals surface area (Å²) in [6.45, 7) is 5.17. The third kappa shape index (κ3) is 2.82. The molecule has 1 amide bonds. The van der Waals surface area contributed by atoms with Gasteiger partial charge in [-0.2, -0.15) is 12.7 Å². The highest BCUT2D eigenvalue weighted by Crippen LogP contribution is 2.19. The van der Waals surface area contributed by atoms with E-state index >= 15 is 0 Å². The third-order valence-corrected chi connectivity index (χ3v) is 4.90. The van der Waals surface area contributed by atoms with Crippen LogP contribution in [-0.4, -0.2) is 62.8 Å². The molecule has 2 fully saturated rings. The van der Waals surface area contributed by atoms with E-state index in [0.717, 1.165) is 13.1 Å². The van der Waals surface area contributed by atoms with E-state index in [0.29, 0.717) is 32.1 Å². The fourth-order valence-corrected chi connectivity index (χ4v) is 2.99. The van der Waals surface area contributed by atoms with Crippen molar-refractivity contribution >= 4 is 16.1 Å². The van der Waals surface area contributed by atoms with Crippen LogP contribution in [0.5, 0.6) is 0 Å². The van der Waals surface area contributed by atoms with Crippen LogP contribution in [-0.2, 0) is 15.0 Å². The first kappa shape index (κ1) is 13.7. The summed E-state index contributed by atoms with van der Waals surface area (Å²) in [6.07, 6.45) is 0. The second-order valence-corrected chi connectivity index (χ2v) is 6.52. The van der Waals surface area contributed by atoms with Crippen LogP contribution < -0.4 is 10.5 Å². The average Bonchev–Trinajstić information content (AvgIpc) is 2.24. The number of nitrogens with one attached hydrogen (secondary N) is 1. The largest absolute Gasteiger partial charge is 0.340 e. The molecule has 2 rings (SSSR count). The summed E-state index contributed by atoms with van der Waals surface area (Å²) < 4.78 is 23.5. The quantitative estimate of drug-likeness (QED) is 0.635. The lowest BCUT2D eigenvalue weighted by Crippen LogP contribution is -2.56. The molecule has 0 bridgehead atoms. The van der Waals surface area contributed by atoms with Gasteiger partial charge in [0, 0.05) is 32.1 Å². The second kappa shape index (κ2) is 5.12. The van der Waals surface area contributed by atoms with Gasteiger partial charge in [0.2, 0.25) is 5.91 Å². The summed E-state index contributed by atoms with van der Waals surface area (Å²) in [7, 11) is -3.62. The molecule has 1 atom stereocenters. The molecule has 104 valence electrons. The number of nitrogens with two attached hydrogens (primary N) is 1. The number of hydrogen-bond acceptors (Lipinski definition) is 4. The number of nitrogens with zero attached hydrogens (tertiary/aromatic N) is 2. The summed E-state index contributed by atoms with van der Waals surface area (Å²) in [6, 6.07) is 0.